The molecule has 0 spiro atoms. The molecule has 0 amide bonds. The van der Waals surface area contributed by atoms with Gasteiger partial charge >= 0.3 is 0 Å². The molecule has 2 atom stereocenters. The van der Waals surface area contributed by atoms with E-state index in [2.05, 4.69) is 12.2 Å². The molecule has 1 saturated heterocycles. The summed E-state index contributed by atoms with van der Waals surface area (Å²) < 4.78 is 30.7. The average molecular weight is 277 g/mol. The third kappa shape index (κ3) is 3.68. The van der Waals surface area contributed by atoms with Gasteiger partial charge in [0.25, 0.3) is 0 Å². The van der Waals surface area contributed by atoms with Gasteiger partial charge in [-0.1, -0.05) is 20.3 Å². The van der Waals surface area contributed by atoms with E-state index in [1.165, 1.54) is 0 Å². The average Bonchev–Trinajstić information content (AvgIpc) is 2.39. The van der Waals surface area contributed by atoms with Gasteiger partial charge in [0.2, 0.25) is 0 Å². The summed E-state index contributed by atoms with van der Waals surface area (Å²) in [7, 11) is -1.19. The Labute approximate surface area is 111 Å². The van der Waals surface area contributed by atoms with E-state index in [9.17, 15) is 8.42 Å². The van der Waals surface area contributed by atoms with Gasteiger partial charge in [0.1, 0.15) is 0 Å². The van der Waals surface area contributed by atoms with Crippen molar-refractivity contribution in [2.45, 2.75) is 62.5 Å². The minimum Gasteiger partial charge on any atom is -0.381 e. The van der Waals surface area contributed by atoms with Crippen LogP contribution in [0.1, 0.15) is 46.0 Å². The standard InChI is InChI=1S/C13H27NO3S/c1-4-6-12(14-3)13(5-2)18(15,16)11-7-9-17-10-8-11/h11-14H,4-10H2,1-3H3. The summed E-state index contributed by atoms with van der Waals surface area (Å²) in [6.07, 6.45) is 3.91. The summed E-state index contributed by atoms with van der Waals surface area (Å²) in [5, 5.41) is 2.73. The highest BCUT2D eigenvalue weighted by Gasteiger charge is 2.37. The molecule has 2 unspecified atom stereocenters. The fourth-order valence-corrected chi connectivity index (χ4v) is 5.36. The van der Waals surface area contributed by atoms with Crippen molar-refractivity contribution in [3.05, 3.63) is 0 Å². The summed E-state index contributed by atoms with van der Waals surface area (Å²) in [6.45, 7) is 5.23. The number of ether oxygens (including phenoxy) is 1. The van der Waals surface area contributed by atoms with E-state index in [4.69, 9.17) is 4.74 Å². The lowest BCUT2D eigenvalue weighted by Crippen LogP contribution is -2.47. The Hall–Kier alpha value is -0.130. The molecule has 0 saturated carbocycles. The van der Waals surface area contributed by atoms with E-state index in [1.807, 2.05) is 14.0 Å². The van der Waals surface area contributed by atoms with Crippen LogP contribution < -0.4 is 5.32 Å². The fourth-order valence-electron chi connectivity index (χ4n) is 2.82. The first-order chi connectivity index (χ1) is 8.57. The Morgan fingerprint density at radius 3 is 2.33 bits per heavy atom. The molecule has 0 aromatic rings. The second kappa shape index (κ2) is 7.46. The maximum Gasteiger partial charge on any atom is 0.157 e. The molecule has 1 rings (SSSR count). The molecule has 4 nitrogen and oxygen atoms in total. The molecule has 1 fully saturated rings. The highest BCUT2D eigenvalue weighted by Crippen LogP contribution is 2.25. The lowest BCUT2D eigenvalue weighted by Gasteiger charge is -2.31. The van der Waals surface area contributed by atoms with Crippen molar-refractivity contribution in [1.82, 2.24) is 5.32 Å². The van der Waals surface area contributed by atoms with Gasteiger partial charge < -0.3 is 10.1 Å². The number of hydrogen-bond acceptors (Lipinski definition) is 4. The van der Waals surface area contributed by atoms with Crippen LogP contribution in [0.25, 0.3) is 0 Å². The van der Waals surface area contributed by atoms with Gasteiger partial charge in [-0.2, -0.15) is 0 Å². The van der Waals surface area contributed by atoms with Crippen LogP contribution in [-0.4, -0.2) is 45.2 Å². The largest absolute Gasteiger partial charge is 0.381 e. The zero-order valence-corrected chi connectivity index (χ0v) is 12.6. The van der Waals surface area contributed by atoms with Gasteiger partial charge in [0, 0.05) is 19.3 Å². The zero-order valence-electron chi connectivity index (χ0n) is 11.8. The monoisotopic (exact) mass is 277 g/mol. The van der Waals surface area contributed by atoms with Crippen molar-refractivity contribution in [2.75, 3.05) is 20.3 Å². The molecule has 0 aromatic carbocycles. The fraction of sp³-hybridized carbons (Fsp3) is 1.00. The number of hydrogen-bond donors (Lipinski definition) is 1. The molecule has 0 radical (unpaired) electrons. The molecule has 1 N–H and O–H groups in total. The predicted molar refractivity (Wildman–Crippen MR) is 74.6 cm³/mol. The lowest BCUT2D eigenvalue weighted by molar-refractivity contribution is 0.0981. The summed E-state index contributed by atoms with van der Waals surface area (Å²) in [6, 6.07) is 0.0767. The van der Waals surface area contributed by atoms with Gasteiger partial charge in [0.05, 0.1) is 10.5 Å². The van der Waals surface area contributed by atoms with E-state index in [0.29, 0.717) is 32.5 Å². The predicted octanol–water partition coefficient (Wildman–Crippen LogP) is 1.75. The second-order valence-electron chi connectivity index (χ2n) is 5.03. The van der Waals surface area contributed by atoms with Gasteiger partial charge in [0.15, 0.2) is 9.84 Å². The molecular weight excluding hydrogens is 250 g/mol. The second-order valence-corrected chi connectivity index (χ2v) is 7.48. The molecule has 5 heteroatoms. The first-order valence-electron chi connectivity index (χ1n) is 7.05. The van der Waals surface area contributed by atoms with E-state index in [0.717, 1.165) is 12.8 Å². The minimum atomic E-state index is -3.05. The van der Waals surface area contributed by atoms with Crippen LogP contribution in [0, 0.1) is 0 Å². The minimum absolute atomic E-state index is 0.0767. The number of sulfone groups is 1. The van der Waals surface area contributed by atoms with Crippen LogP contribution in [-0.2, 0) is 14.6 Å². The van der Waals surface area contributed by atoms with Crippen LogP contribution >= 0.6 is 0 Å². The molecule has 0 bridgehead atoms. The summed E-state index contributed by atoms with van der Waals surface area (Å²) in [5.74, 6) is 0. The highest BCUT2D eigenvalue weighted by molar-refractivity contribution is 7.92. The summed E-state index contributed by atoms with van der Waals surface area (Å²) in [4.78, 5) is 0. The van der Waals surface area contributed by atoms with E-state index < -0.39 is 9.84 Å². The maximum absolute atomic E-state index is 12.7. The molecule has 0 aliphatic carbocycles. The SMILES string of the molecule is CCCC(NC)C(CC)S(=O)(=O)C1CCOCC1. The topological polar surface area (TPSA) is 55.4 Å². The molecule has 0 aromatic heterocycles. The van der Waals surface area contributed by atoms with Crippen LogP contribution in [0.3, 0.4) is 0 Å². The maximum atomic E-state index is 12.7. The van der Waals surface area contributed by atoms with Crippen molar-refractivity contribution < 1.29 is 13.2 Å². The van der Waals surface area contributed by atoms with E-state index in [-0.39, 0.29) is 16.5 Å². The molecular formula is C13H27NO3S. The molecule has 1 aliphatic rings. The first-order valence-corrected chi connectivity index (χ1v) is 8.66. The first kappa shape index (κ1) is 15.9. The van der Waals surface area contributed by atoms with Crippen LogP contribution in [0.15, 0.2) is 0 Å². The summed E-state index contributed by atoms with van der Waals surface area (Å²) in [5.41, 5.74) is 0. The zero-order chi connectivity index (χ0) is 13.6. The quantitative estimate of drug-likeness (QED) is 0.770. The smallest absolute Gasteiger partial charge is 0.157 e. The Kier molecular flexibility index (Phi) is 6.60. The van der Waals surface area contributed by atoms with Crippen LogP contribution in [0.4, 0.5) is 0 Å². The van der Waals surface area contributed by atoms with Crippen molar-refractivity contribution in [2.24, 2.45) is 0 Å². The number of rotatable bonds is 7. The number of nitrogens with one attached hydrogen (secondary N) is 1. The molecule has 1 heterocycles. The normalized spacial score (nSPS) is 21.7. The third-order valence-electron chi connectivity index (χ3n) is 3.88. The van der Waals surface area contributed by atoms with Crippen molar-refractivity contribution in [3.8, 4) is 0 Å². The van der Waals surface area contributed by atoms with Crippen LogP contribution in [0.5, 0.6) is 0 Å². The Morgan fingerprint density at radius 2 is 1.89 bits per heavy atom. The Bertz CT molecular complexity index is 323. The van der Waals surface area contributed by atoms with Crippen molar-refractivity contribution in [3.63, 3.8) is 0 Å². The van der Waals surface area contributed by atoms with Crippen molar-refractivity contribution in [1.29, 1.82) is 0 Å². The Morgan fingerprint density at radius 1 is 1.28 bits per heavy atom. The van der Waals surface area contributed by atoms with Crippen LogP contribution in [0.2, 0.25) is 0 Å². The van der Waals surface area contributed by atoms with Gasteiger partial charge in [-0.05, 0) is 32.7 Å². The Balaban J connectivity index is 2.83. The van der Waals surface area contributed by atoms with Gasteiger partial charge in [-0.25, -0.2) is 8.42 Å². The molecule has 108 valence electrons. The molecule has 1 aliphatic heterocycles. The lowest BCUT2D eigenvalue weighted by atomic mass is 10.1. The highest BCUT2D eigenvalue weighted by atomic mass is 32.2. The summed E-state index contributed by atoms with van der Waals surface area (Å²) >= 11 is 0. The van der Waals surface area contributed by atoms with Gasteiger partial charge in [-0.15, -0.1) is 0 Å². The third-order valence-corrected chi connectivity index (χ3v) is 6.78. The van der Waals surface area contributed by atoms with E-state index >= 15 is 0 Å². The van der Waals surface area contributed by atoms with Crippen molar-refractivity contribution >= 4 is 9.84 Å². The van der Waals surface area contributed by atoms with Gasteiger partial charge in [-0.3, -0.25) is 0 Å². The van der Waals surface area contributed by atoms with E-state index in [1.54, 1.807) is 0 Å². The molecule has 18 heavy (non-hydrogen) atoms.